The second-order valence-electron chi connectivity index (χ2n) is 6.12. The molecule has 6 heteroatoms. The highest BCUT2D eigenvalue weighted by Crippen LogP contribution is 2.38. The van der Waals surface area contributed by atoms with Gasteiger partial charge in [0.15, 0.2) is 0 Å². The van der Waals surface area contributed by atoms with Gasteiger partial charge < -0.3 is 9.84 Å². The summed E-state index contributed by atoms with van der Waals surface area (Å²) in [4.78, 5) is 11.5. The topological polar surface area (TPSA) is 67.1 Å². The zero-order valence-corrected chi connectivity index (χ0v) is 12.8. The maximum atomic E-state index is 5.56. The molecule has 0 bridgehead atoms. The largest absolute Gasteiger partial charge is 0.373 e. The third kappa shape index (κ3) is 2.37. The summed E-state index contributed by atoms with van der Waals surface area (Å²) in [6.45, 7) is 1.16. The van der Waals surface area contributed by atoms with Crippen LogP contribution in [-0.4, -0.2) is 39.7 Å². The first-order chi connectivity index (χ1) is 10.8. The lowest BCUT2D eigenvalue weighted by Crippen LogP contribution is -2.39. The summed E-state index contributed by atoms with van der Waals surface area (Å²) in [5, 5.41) is 7.16. The Balaban J connectivity index is 1.55. The van der Waals surface area contributed by atoms with Gasteiger partial charge in [0.1, 0.15) is 5.82 Å². The molecule has 1 N–H and O–H groups in total. The maximum absolute atomic E-state index is 5.56. The number of rotatable bonds is 4. The first-order valence-electron chi connectivity index (χ1n) is 8.08. The van der Waals surface area contributed by atoms with Crippen LogP contribution >= 0.6 is 0 Å². The normalized spacial score (nSPS) is 22.7. The van der Waals surface area contributed by atoms with Crippen LogP contribution in [-0.2, 0) is 0 Å². The van der Waals surface area contributed by atoms with Crippen molar-refractivity contribution in [3.05, 3.63) is 24.2 Å². The molecule has 22 heavy (non-hydrogen) atoms. The van der Waals surface area contributed by atoms with E-state index in [2.05, 4.69) is 25.3 Å². The van der Waals surface area contributed by atoms with Gasteiger partial charge in [0, 0.05) is 24.8 Å². The fourth-order valence-electron chi connectivity index (χ4n) is 3.37. The van der Waals surface area contributed by atoms with E-state index < -0.39 is 0 Å². The molecule has 116 valence electrons. The number of likely N-dealkylation sites (tertiary alicyclic amines) is 1. The number of pyridine rings is 1. The Hall–Kier alpha value is -1.95. The van der Waals surface area contributed by atoms with Crippen molar-refractivity contribution in [1.29, 1.82) is 0 Å². The Kier molecular flexibility index (Phi) is 3.54. The zero-order valence-electron chi connectivity index (χ0n) is 12.8. The molecule has 1 saturated heterocycles. The van der Waals surface area contributed by atoms with Crippen LogP contribution in [0.5, 0.6) is 0 Å². The number of aromatic nitrogens is 3. The number of hydrogen-bond acceptors (Lipinski definition) is 6. The van der Waals surface area contributed by atoms with Crippen molar-refractivity contribution in [2.45, 2.75) is 44.2 Å². The van der Waals surface area contributed by atoms with Gasteiger partial charge in [-0.3, -0.25) is 4.90 Å². The second kappa shape index (κ2) is 5.68. The number of hydrogen-bond donors (Lipinski definition) is 1. The molecule has 0 aromatic carbocycles. The average Bonchev–Trinajstić information content (AvgIpc) is 3.14. The molecule has 2 fully saturated rings. The van der Waals surface area contributed by atoms with Crippen molar-refractivity contribution in [3.8, 4) is 11.4 Å². The number of nitrogens with zero attached hydrogens (tertiary/aromatic N) is 4. The summed E-state index contributed by atoms with van der Waals surface area (Å²) < 4.78 is 5.56. The van der Waals surface area contributed by atoms with E-state index in [1.165, 1.54) is 25.7 Å². The summed E-state index contributed by atoms with van der Waals surface area (Å²) in [6, 6.07) is 4.91. The number of anilines is 1. The fraction of sp³-hybridized carbons (Fsp3) is 0.562. The minimum atomic E-state index is 0.302. The molecule has 0 radical (unpaired) electrons. The Morgan fingerprint density at radius 1 is 1.23 bits per heavy atom. The minimum absolute atomic E-state index is 0.302. The molecular weight excluding hydrogens is 278 g/mol. The molecule has 4 rings (SSSR count). The van der Waals surface area contributed by atoms with Crippen LogP contribution in [0.4, 0.5) is 5.82 Å². The van der Waals surface area contributed by atoms with Crippen LogP contribution in [0.15, 0.2) is 22.9 Å². The summed E-state index contributed by atoms with van der Waals surface area (Å²) in [7, 11) is 1.85. The quantitative estimate of drug-likeness (QED) is 0.936. The Morgan fingerprint density at radius 3 is 2.82 bits per heavy atom. The van der Waals surface area contributed by atoms with E-state index in [1.807, 2.05) is 19.2 Å². The van der Waals surface area contributed by atoms with Crippen molar-refractivity contribution in [2.24, 2.45) is 0 Å². The van der Waals surface area contributed by atoms with Crippen LogP contribution in [0.1, 0.15) is 44.0 Å². The highest BCUT2D eigenvalue weighted by Gasteiger charge is 2.37. The Bertz CT molecular complexity index is 634. The van der Waals surface area contributed by atoms with E-state index >= 15 is 0 Å². The van der Waals surface area contributed by atoms with Gasteiger partial charge in [0.05, 0.1) is 6.04 Å². The van der Waals surface area contributed by atoms with Gasteiger partial charge in [0.2, 0.25) is 11.7 Å². The molecule has 2 aliphatic rings. The first kappa shape index (κ1) is 13.7. The summed E-state index contributed by atoms with van der Waals surface area (Å²) >= 11 is 0. The molecule has 6 nitrogen and oxygen atoms in total. The number of nitrogens with one attached hydrogen (secondary N) is 1. The first-order valence-corrected chi connectivity index (χ1v) is 8.08. The van der Waals surface area contributed by atoms with E-state index in [9.17, 15) is 0 Å². The maximum Gasteiger partial charge on any atom is 0.244 e. The fourth-order valence-corrected chi connectivity index (χ4v) is 3.37. The smallest absolute Gasteiger partial charge is 0.244 e. The van der Waals surface area contributed by atoms with Gasteiger partial charge in [-0.15, -0.1) is 0 Å². The van der Waals surface area contributed by atoms with Gasteiger partial charge in [-0.25, -0.2) is 4.98 Å². The minimum Gasteiger partial charge on any atom is -0.373 e. The highest BCUT2D eigenvalue weighted by atomic mass is 16.5. The molecule has 2 aromatic heterocycles. The van der Waals surface area contributed by atoms with Crippen LogP contribution < -0.4 is 5.32 Å². The average molecular weight is 299 g/mol. The van der Waals surface area contributed by atoms with Gasteiger partial charge in [-0.05, 0) is 44.4 Å². The van der Waals surface area contributed by atoms with Gasteiger partial charge >= 0.3 is 0 Å². The van der Waals surface area contributed by atoms with Crippen LogP contribution in [0.3, 0.4) is 0 Å². The van der Waals surface area contributed by atoms with Crippen molar-refractivity contribution < 1.29 is 4.52 Å². The molecule has 1 aliphatic heterocycles. The lowest BCUT2D eigenvalue weighted by Gasteiger charge is -2.37. The lowest BCUT2D eigenvalue weighted by atomic mass is 9.91. The molecule has 3 heterocycles. The predicted octanol–water partition coefficient (Wildman–Crippen LogP) is 2.86. The Labute approximate surface area is 129 Å². The summed E-state index contributed by atoms with van der Waals surface area (Å²) in [5.41, 5.74) is 0.891. The van der Waals surface area contributed by atoms with Gasteiger partial charge in [-0.1, -0.05) is 11.6 Å². The molecule has 0 amide bonds. The molecular formula is C16H21N5O. The van der Waals surface area contributed by atoms with Crippen molar-refractivity contribution in [2.75, 3.05) is 18.9 Å². The van der Waals surface area contributed by atoms with Crippen LogP contribution in [0, 0.1) is 0 Å². The lowest BCUT2D eigenvalue weighted by molar-refractivity contribution is 0.0966. The van der Waals surface area contributed by atoms with E-state index in [4.69, 9.17) is 4.52 Å². The third-order valence-corrected chi connectivity index (χ3v) is 4.84. The third-order valence-electron chi connectivity index (χ3n) is 4.84. The van der Waals surface area contributed by atoms with Crippen molar-refractivity contribution in [3.63, 3.8) is 0 Å². The molecule has 1 unspecified atom stereocenters. The molecule has 1 saturated carbocycles. The Morgan fingerprint density at radius 2 is 2.14 bits per heavy atom. The highest BCUT2D eigenvalue weighted by molar-refractivity contribution is 5.55. The molecule has 0 spiro atoms. The van der Waals surface area contributed by atoms with Gasteiger partial charge in [-0.2, -0.15) is 4.98 Å². The van der Waals surface area contributed by atoms with Crippen molar-refractivity contribution in [1.82, 2.24) is 20.0 Å². The summed E-state index contributed by atoms with van der Waals surface area (Å²) in [5.74, 6) is 2.22. The zero-order chi connectivity index (χ0) is 14.9. The SMILES string of the molecule is CNc1ccc(-c2noc(C3CCCN3C3CCC3)n2)cn1. The van der Waals surface area contributed by atoms with Crippen LogP contribution in [0.25, 0.3) is 11.4 Å². The molecule has 2 aromatic rings. The van der Waals surface area contributed by atoms with E-state index in [1.54, 1.807) is 6.20 Å². The van der Waals surface area contributed by atoms with E-state index in [0.29, 0.717) is 11.9 Å². The standard InChI is InChI=1S/C16H21N5O/c1-17-14-8-7-11(10-18-14)15-19-16(22-20-15)13-6-3-9-21(13)12-4-2-5-12/h7-8,10,12-13H,2-6,9H2,1H3,(H,17,18). The summed E-state index contributed by atoms with van der Waals surface area (Å²) in [6.07, 6.45) is 8.09. The monoisotopic (exact) mass is 299 g/mol. The second-order valence-corrected chi connectivity index (χ2v) is 6.12. The van der Waals surface area contributed by atoms with Crippen LogP contribution in [0.2, 0.25) is 0 Å². The van der Waals surface area contributed by atoms with E-state index in [-0.39, 0.29) is 0 Å². The molecule has 1 aliphatic carbocycles. The van der Waals surface area contributed by atoms with Crippen molar-refractivity contribution >= 4 is 5.82 Å². The predicted molar refractivity (Wildman–Crippen MR) is 83.4 cm³/mol. The van der Waals surface area contributed by atoms with E-state index in [0.717, 1.165) is 36.3 Å². The molecule has 1 atom stereocenters. The van der Waals surface area contributed by atoms with Gasteiger partial charge in [0.25, 0.3) is 0 Å².